The van der Waals surface area contributed by atoms with Crippen molar-refractivity contribution in [1.29, 1.82) is 0 Å². The van der Waals surface area contributed by atoms with E-state index in [1.54, 1.807) is 0 Å². The highest BCUT2D eigenvalue weighted by Gasteiger charge is 2.26. The molecule has 3 aromatic rings. The molecule has 0 aliphatic rings. The molecular formula is C22H20BrNO. The lowest BCUT2D eigenvalue weighted by molar-refractivity contribution is 0.0717. The van der Waals surface area contributed by atoms with Crippen molar-refractivity contribution >= 4 is 21.8 Å². The zero-order valence-corrected chi connectivity index (χ0v) is 15.7. The van der Waals surface area contributed by atoms with E-state index in [1.165, 1.54) is 0 Å². The molecule has 0 aliphatic heterocycles. The first-order valence-electron chi connectivity index (χ1n) is 8.37. The SMILES string of the molecule is CCN(C(=O)c1cccc(Br)c1)C(c1ccccc1)c1ccccc1. The summed E-state index contributed by atoms with van der Waals surface area (Å²) in [5.74, 6) is 0.0292. The van der Waals surface area contributed by atoms with Crippen molar-refractivity contribution in [3.8, 4) is 0 Å². The van der Waals surface area contributed by atoms with Crippen molar-refractivity contribution in [2.75, 3.05) is 6.54 Å². The fraction of sp³-hybridized carbons (Fsp3) is 0.136. The maximum atomic E-state index is 13.2. The van der Waals surface area contributed by atoms with Crippen LogP contribution in [-0.2, 0) is 0 Å². The monoisotopic (exact) mass is 393 g/mol. The standard InChI is InChI=1S/C22H20BrNO/c1-2-24(22(25)19-14-9-15-20(23)16-19)21(17-10-5-3-6-11-17)18-12-7-4-8-13-18/h3-16,21H,2H2,1H3. The summed E-state index contributed by atoms with van der Waals surface area (Å²) in [7, 11) is 0. The van der Waals surface area contributed by atoms with Crippen molar-refractivity contribution in [2.24, 2.45) is 0 Å². The van der Waals surface area contributed by atoms with Gasteiger partial charge in [0.25, 0.3) is 5.91 Å². The van der Waals surface area contributed by atoms with E-state index >= 15 is 0 Å². The van der Waals surface area contributed by atoms with Gasteiger partial charge >= 0.3 is 0 Å². The number of rotatable bonds is 5. The van der Waals surface area contributed by atoms with Crippen LogP contribution in [0.2, 0.25) is 0 Å². The van der Waals surface area contributed by atoms with Crippen LogP contribution in [0.3, 0.4) is 0 Å². The van der Waals surface area contributed by atoms with E-state index in [0.717, 1.165) is 15.6 Å². The Kier molecular flexibility index (Phi) is 5.67. The van der Waals surface area contributed by atoms with Crippen molar-refractivity contribution in [1.82, 2.24) is 4.90 Å². The summed E-state index contributed by atoms with van der Waals surface area (Å²) in [4.78, 5) is 15.1. The molecule has 0 radical (unpaired) electrons. The molecule has 3 aromatic carbocycles. The van der Waals surface area contributed by atoms with Crippen LogP contribution in [0.4, 0.5) is 0 Å². The van der Waals surface area contributed by atoms with Crippen LogP contribution in [0.5, 0.6) is 0 Å². The zero-order chi connectivity index (χ0) is 17.6. The van der Waals surface area contributed by atoms with Crippen molar-refractivity contribution < 1.29 is 4.79 Å². The summed E-state index contributed by atoms with van der Waals surface area (Å²) in [6.07, 6.45) is 0. The van der Waals surface area contributed by atoms with Gasteiger partial charge in [-0.2, -0.15) is 0 Å². The quantitative estimate of drug-likeness (QED) is 0.544. The molecule has 2 nitrogen and oxygen atoms in total. The Morgan fingerprint density at radius 2 is 1.44 bits per heavy atom. The second kappa shape index (κ2) is 8.13. The van der Waals surface area contributed by atoms with Crippen LogP contribution in [-0.4, -0.2) is 17.4 Å². The summed E-state index contributed by atoms with van der Waals surface area (Å²) in [5, 5.41) is 0. The maximum absolute atomic E-state index is 13.2. The van der Waals surface area contributed by atoms with Gasteiger partial charge in [0.2, 0.25) is 0 Å². The van der Waals surface area contributed by atoms with E-state index in [2.05, 4.69) is 40.2 Å². The van der Waals surface area contributed by atoms with Crippen molar-refractivity contribution in [3.63, 3.8) is 0 Å². The van der Waals surface area contributed by atoms with Crippen LogP contribution >= 0.6 is 15.9 Å². The second-order valence-electron chi connectivity index (χ2n) is 5.83. The normalized spacial score (nSPS) is 10.7. The van der Waals surface area contributed by atoms with Gasteiger partial charge in [-0.1, -0.05) is 82.7 Å². The molecule has 0 atom stereocenters. The minimum atomic E-state index is -0.112. The first-order chi connectivity index (χ1) is 12.2. The maximum Gasteiger partial charge on any atom is 0.254 e. The minimum Gasteiger partial charge on any atom is -0.328 e. The molecule has 25 heavy (non-hydrogen) atoms. The second-order valence-corrected chi connectivity index (χ2v) is 6.74. The summed E-state index contributed by atoms with van der Waals surface area (Å²) in [5.41, 5.74) is 2.91. The Morgan fingerprint density at radius 3 is 1.92 bits per heavy atom. The number of hydrogen-bond donors (Lipinski definition) is 0. The topological polar surface area (TPSA) is 20.3 Å². The molecule has 0 unspecified atom stereocenters. The fourth-order valence-electron chi connectivity index (χ4n) is 3.05. The lowest BCUT2D eigenvalue weighted by Crippen LogP contribution is -2.35. The Bertz CT molecular complexity index is 793. The number of benzene rings is 3. The fourth-order valence-corrected chi connectivity index (χ4v) is 3.45. The molecule has 1 amide bonds. The largest absolute Gasteiger partial charge is 0.328 e. The molecule has 0 saturated heterocycles. The minimum absolute atomic E-state index is 0.0292. The van der Waals surface area contributed by atoms with E-state index in [-0.39, 0.29) is 11.9 Å². The Hall–Kier alpha value is -2.39. The summed E-state index contributed by atoms with van der Waals surface area (Å²) < 4.78 is 0.908. The zero-order valence-electron chi connectivity index (χ0n) is 14.1. The Morgan fingerprint density at radius 1 is 0.880 bits per heavy atom. The van der Waals surface area contributed by atoms with Gasteiger partial charge in [0.15, 0.2) is 0 Å². The lowest BCUT2D eigenvalue weighted by Gasteiger charge is -2.32. The van der Waals surface area contributed by atoms with Crippen LogP contribution in [0, 0.1) is 0 Å². The van der Waals surface area contributed by atoms with Gasteiger partial charge in [0.1, 0.15) is 0 Å². The van der Waals surface area contributed by atoms with Crippen LogP contribution in [0.25, 0.3) is 0 Å². The van der Waals surface area contributed by atoms with Gasteiger partial charge in [-0.25, -0.2) is 0 Å². The Labute approximate surface area is 157 Å². The third kappa shape index (κ3) is 3.99. The molecule has 0 saturated carbocycles. The van der Waals surface area contributed by atoms with Crippen LogP contribution < -0.4 is 0 Å². The summed E-state index contributed by atoms with van der Waals surface area (Å²) >= 11 is 3.46. The van der Waals surface area contributed by atoms with Gasteiger partial charge in [-0.05, 0) is 36.2 Å². The number of hydrogen-bond acceptors (Lipinski definition) is 1. The van der Waals surface area contributed by atoms with Crippen LogP contribution in [0.1, 0.15) is 34.5 Å². The number of carbonyl (C=O) groups is 1. The molecule has 3 rings (SSSR count). The molecule has 0 N–H and O–H groups in total. The average molecular weight is 394 g/mol. The van der Waals surface area contributed by atoms with Gasteiger partial charge in [-0.15, -0.1) is 0 Å². The third-order valence-electron chi connectivity index (χ3n) is 4.22. The van der Waals surface area contributed by atoms with Gasteiger partial charge in [0, 0.05) is 16.6 Å². The molecule has 0 bridgehead atoms. The summed E-state index contributed by atoms with van der Waals surface area (Å²) in [6.45, 7) is 2.65. The summed E-state index contributed by atoms with van der Waals surface area (Å²) in [6, 6.07) is 27.8. The number of halogens is 1. The third-order valence-corrected chi connectivity index (χ3v) is 4.71. The molecule has 3 heteroatoms. The van der Waals surface area contributed by atoms with E-state index in [0.29, 0.717) is 12.1 Å². The highest BCUT2D eigenvalue weighted by Crippen LogP contribution is 2.30. The highest BCUT2D eigenvalue weighted by molar-refractivity contribution is 9.10. The predicted molar refractivity (Wildman–Crippen MR) is 106 cm³/mol. The first kappa shape index (κ1) is 17.4. The molecule has 126 valence electrons. The first-order valence-corrected chi connectivity index (χ1v) is 9.16. The van der Waals surface area contributed by atoms with E-state index < -0.39 is 0 Å². The van der Waals surface area contributed by atoms with Gasteiger partial charge < -0.3 is 4.90 Å². The van der Waals surface area contributed by atoms with E-state index in [1.807, 2.05) is 72.5 Å². The average Bonchev–Trinajstić information content (AvgIpc) is 2.67. The molecule has 0 fully saturated rings. The predicted octanol–water partition coefficient (Wildman–Crippen LogP) is 5.70. The molecule has 0 aromatic heterocycles. The Balaban J connectivity index is 2.05. The highest BCUT2D eigenvalue weighted by atomic mass is 79.9. The van der Waals surface area contributed by atoms with Crippen molar-refractivity contribution in [3.05, 3.63) is 106 Å². The van der Waals surface area contributed by atoms with Crippen LogP contribution in [0.15, 0.2) is 89.4 Å². The number of carbonyl (C=O) groups excluding carboxylic acids is 1. The smallest absolute Gasteiger partial charge is 0.254 e. The molecular weight excluding hydrogens is 374 g/mol. The van der Waals surface area contributed by atoms with Gasteiger partial charge in [-0.3, -0.25) is 4.79 Å². The van der Waals surface area contributed by atoms with E-state index in [9.17, 15) is 4.79 Å². The van der Waals surface area contributed by atoms with Crippen molar-refractivity contribution in [2.45, 2.75) is 13.0 Å². The molecule has 0 spiro atoms. The lowest BCUT2D eigenvalue weighted by atomic mass is 9.96. The van der Waals surface area contributed by atoms with Gasteiger partial charge in [0.05, 0.1) is 6.04 Å². The number of amides is 1. The van der Waals surface area contributed by atoms with E-state index in [4.69, 9.17) is 0 Å². The molecule has 0 heterocycles. The molecule has 0 aliphatic carbocycles. The number of nitrogens with zero attached hydrogens (tertiary/aromatic N) is 1.